The summed E-state index contributed by atoms with van der Waals surface area (Å²) >= 11 is 0. The molecular weight excluding hydrogens is 398 g/mol. The summed E-state index contributed by atoms with van der Waals surface area (Å²) in [6, 6.07) is 14.3. The van der Waals surface area contributed by atoms with E-state index < -0.39 is 23.4 Å². The van der Waals surface area contributed by atoms with Crippen LogP contribution in [0.15, 0.2) is 48.5 Å². The number of rotatable bonds is 9. The zero-order chi connectivity index (χ0) is 22.4. The molecule has 31 heavy (non-hydrogen) atoms. The van der Waals surface area contributed by atoms with Crippen molar-refractivity contribution < 1.29 is 23.9 Å². The molecule has 0 aromatic heterocycles. The highest BCUT2D eigenvalue weighted by atomic mass is 16.5. The van der Waals surface area contributed by atoms with Crippen molar-refractivity contribution in [2.75, 3.05) is 20.8 Å². The van der Waals surface area contributed by atoms with Gasteiger partial charge in [-0.25, -0.2) is 4.79 Å². The van der Waals surface area contributed by atoms with Crippen molar-refractivity contribution in [1.82, 2.24) is 15.5 Å². The van der Waals surface area contributed by atoms with Crippen molar-refractivity contribution in [3.05, 3.63) is 59.7 Å². The number of imide groups is 1. The summed E-state index contributed by atoms with van der Waals surface area (Å²) in [4.78, 5) is 38.6. The SMILES string of the molecule is COc1ccc(CC[C@]2(C)NC(=O)N(CC(=O)NCc3ccccc3OC)C2=O)cc1. The van der Waals surface area contributed by atoms with Crippen molar-refractivity contribution in [1.29, 1.82) is 0 Å². The molecule has 4 amide bonds. The summed E-state index contributed by atoms with van der Waals surface area (Å²) in [7, 11) is 3.16. The van der Waals surface area contributed by atoms with Crippen LogP contribution in [-0.2, 0) is 22.6 Å². The molecule has 0 spiro atoms. The molecule has 0 unspecified atom stereocenters. The lowest BCUT2D eigenvalue weighted by molar-refractivity contribution is -0.134. The van der Waals surface area contributed by atoms with Gasteiger partial charge in [0.25, 0.3) is 5.91 Å². The number of para-hydroxylation sites is 1. The number of amides is 4. The molecule has 2 N–H and O–H groups in total. The van der Waals surface area contributed by atoms with Gasteiger partial charge in [-0.05, 0) is 43.5 Å². The van der Waals surface area contributed by atoms with Gasteiger partial charge in [-0.1, -0.05) is 30.3 Å². The molecule has 1 fully saturated rings. The molecule has 3 rings (SSSR count). The Balaban J connectivity index is 1.56. The predicted molar refractivity (Wildman–Crippen MR) is 115 cm³/mol. The van der Waals surface area contributed by atoms with Crippen LogP contribution in [0.25, 0.3) is 0 Å². The maximum Gasteiger partial charge on any atom is 0.325 e. The van der Waals surface area contributed by atoms with Gasteiger partial charge >= 0.3 is 6.03 Å². The zero-order valence-corrected chi connectivity index (χ0v) is 17.9. The number of carbonyl (C=O) groups is 3. The maximum absolute atomic E-state index is 12.9. The van der Waals surface area contributed by atoms with Crippen LogP contribution in [0, 0.1) is 0 Å². The Morgan fingerprint density at radius 3 is 2.45 bits per heavy atom. The molecule has 1 saturated heterocycles. The summed E-state index contributed by atoms with van der Waals surface area (Å²) in [5.74, 6) is 0.585. The molecule has 8 heteroatoms. The predicted octanol–water partition coefficient (Wildman–Crippen LogP) is 2.26. The van der Waals surface area contributed by atoms with Crippen LogP contribution in [0.2, 0.25) is 0 Å². The molecule has 2 aromatic carbocycles. The fourth-order valence-corrected chi connectivity index (χ4v) is 3.49. The Morgan fingerprint density at radius 2 is 1.77 bits per heavy atom. The van der Waals surface area contributed by atoms with Gasteiger partial charge in [0.15, 0.2) is 0 Å². The molecular formula is C23H27N3O5. The second-order valence-corrected chi connectivity index (χ2v) is 7.59. The number of nitrogens with one attached hydrogen (secondary N) is 2. The average Bonchev–Trinajstić information content (AvgIpc) is 3.00. The molecule has 0 aliphatic carbocycles. The summed E-state index contributed by atoms with van der Waals surface area (Å²) in [6.45, 7) is 1.59. The van der Waals surface area contributed by atoms with Crippen molar-refractivity contribution in [2.24, 2.45) is 0 Å². The molecule has 8 nitrogen and oxygen atoms in total. The highest BCUT2D eigenvalue weighted by Crippen LogP contribution is 2.24. The molecule has 1 atom stereocenters. The van der Waals surface area contributed by atoms with Crippen molar-refractivity contribution in [3.8, 4) is 11.5 Å². The topological polar surface area (TPSA) is 97.0 Å². The summed E-state index contributed by atoms with van der Waals surface area (Å²) in [6.07, 6.45) is 1.02. The van der Waals surface area contributed by atoms with E-state index >= 15 is 0 Å². The van der Waals surface area contributed by atoms with Gasteiger partial charge in [0.1, 0.15) is 23.6 Å². The number of hydrogen-bond acceptors (Lipinski definition) is 5. The third-order valence-electron chi connectivity index (χ3n) is 5.39. The molecule has 0 bridgehead atoms. The second kappa shape index (κ2) is 9.51. The zero-order valence-electron chi connectivity index (χ0n) is 17.9. The highest BCUT2D eigenvalue weighted by Gasteiger charge is 2.47. The van der Waals surface area contributed by atoms with E-state index in [0.717, 1.165) is 21.8 Å². The molecule has 1 aliphatic rings. The van der Waals surface area contributed by atoms with Gasteiger partial charge < -0.3 is 20.1 Å². The van der Waals surface area contributed by atoms with Gasteiger partial charge in [0.05, 0.1) is 14.2 Å². The molecule has 2 aromatic rings. The van der Waals surface area contributed by atoms with Gasteiger partial charge in [-0.15, -0.1) is 0 Å². The minimum Gasteiger partial charge on any atom is -0.497 e. The number of urea groups is 1. The first-order valence-corrected chi connectivity index (χ1v) is 10.0. The Kier molecular flexibility index (Phi) is 6.79. The Hall–Kier alpha value is -3.55. The fraction of sp³-hybridized carbons (Fsp3) is 0.348. The Labute approximate surface area is 181 Å². The quantitative estimate of drug-likeness (QED) is 0.601. The Bertz CT molecular complexity index is 960. The average molecular weight is 425 g/mol. The Morgan fingerprint density at radius 1 is 1.06 bits per heavy atom. The number of aryl methyl sites for hydroxylation is 1. The first-order chi connectivity index (χ1) is 14.9. The molecule has 1 aliphatic heterocycles. The first kappa shape index (κ1) is 22.1. The summed E-state index contributed by atoms with van der Waals surface area (Å²) in [5.41, 5.74) is 0.775. The second-order valence-electron chi connectivity index (χ2n) is 7.59. The van der Waals surface area contributed by atoms with Crippen LogP contribution < -0.4 is 20.1 Å². The summed E-state index contributed by atoms with van der Waals surface area (Å²) in [5, 5.41) is 5.47. The number of methoxy groups -OCH3 is 2. The van der Waals surface area contributed by atoms with Crippen molar-refractivity contribution in [3.63, 3.8) is 0 Å². The lowest BCUT2D eigenvalue weighted by Gasteiger charge is -2.21. The number of ether oxygens (including phenoxy) is 2. The first-order valence-electron chi connectivity index (χ1n) is 10.0. The number of nitrogens with zero attached hydrogens (tertiary/aromatic N) is 1. The van der Waals surface area contributed by atoms with Gasteiger partial charge in [0.2, 0.25) is 5.91 Å². The van der Waals surface area contributed by atoms with E-state index in [4.69, 9.17) is 9.47 Å². The maximum atomic E-state index is 12.9. The monoisotopic (exact) mass is 425 g/mol. The lowest BCUT2D eigenvalue weighted by atomic mass is 9.93. The molecule has 0 radical (unpaired) electrons. The van der Waals surface area contributed by atoms with Crippen LogP contribution in [-0.4, -0.2) is 49.0 Å². The van der Waals surface area contributed by atoms with E-state index in [1.54, 1.807) is 27.2 Å². The minimum absolute atomic E-state index is 0.237. The van der Waals surface area contributed by atoms with Crippen LogP contribution >= 0.6 is 0 Å². The third-order valence-corrected chi connectivity index (χ3v) is 5.39. The highest BCUT2D eigenvalue weighted by molar-refractivity contribution is 6.08. The lowest BCUT2D eigenvalue weighted by Crippen LogP contribution is -2.45. The standard InChI is InChI=1S/C23H27N3O5/c1-23(13-12-16-8-10-18(30-2)11-9-16)21(28)26(22(29)25-23)15-20(27)24-14-17-6-4-5-7-19(17)31-3/h4-11H,12-15H2,1-3H3,(H,24,27)(H,25,29)/t23-/m0/s1. The van der Waals surface area contributed by atoms with E-state index in [1.165, 1.54) is 0 Å². The third kappa shape index (κ3) is 5.14. The van der Waals surface area contributed by atoms with Crippen LogP contribution in [0.3, 0.4) is 0 Å². The van der Waals surface area contributed by atoms with Crippen molar-refractivity contribution >= 4 is 17.8 Å². The van der Waals surface area contributed by atoms with E-state index in [2.05, 4.69) is 10.6 Å². The van der Waals surface area contributed by atoms with E-state index in [-0.39, 0.29) is 13.1 Å². The molecule has 164 valence electrons. The van der Waals surface area contributed by atoms with Crippen LogP contribution in [0.1, 0.15) is 24.5 Å². The van der Waals surface area contributed by atoms with Crippen molar-refractivity contribution in [2.45, 2.75) is 31.8 Å². The number of benzene rings is 2. The van der Waals surface area contributed by atoms with Gasteiger partial charge in [-0.2, -0.15) is 0 Å². The van der Waals surface area contributed by atoms with Gasteiger partial charge in [-0.3, -0.25) is 14.5 Å². The van der Waals surface area contributed by atoms with Crippen LogP contribution in [0.5, 0.6) is 11.5 Å². The number of carbonyl (C=O) groups excluding carboxylic acids is 3. The number of hydrogen-bond donors (Lipinski definition) is 2. The largest absolute Gasteiger partial charge is 0.497 e. The normalized spacial score (nSPS) is 18.0. The van der Waals surface area contributed by atoms with E-state index in [1.807, 2.05) is 42.5 Å². The van der Waals surface area contributed by atoms with Gasteiger partial charge in [0, 0.05) is 12.1 Å². The smallest absolute Gasteiger partial charge is 0.325 e. The fourth-order valence-electron chi connectivity index (χ4n) is 3.49. The van der Waals surface area contributed by atoms with E-state index in [0.29, 0.717) is 18.6 Å². The van der Waals surface area contributed by atoms with E-state index in [9.17, 15) is 14.4 Å². The molecule has 0 saturated carbocycles. The molecule has 1 heterocycles. The summed E-state index contributed by atoms with van der Waals surface area (Å²) < 4.78 is 10.4. The van der Waals surface area contributed by atoms with Crippen LogP contribution in [0.4, 0.5) is 4.79 Å². The minimum atomic E-state index is -1.06.